The molecular weight excluding hydrogens is 448 g/mol. The maximum atomic E-state index is 13.7. The maximum Gasteiger partial charge on any atom is 0.308 e. The molecule has 2 aliphatic carbocycles. The minimum atomic E-state index is -0.531. The standard InChI is InChI=1S/C28H22O7/c1-13(29)33-20-10-6-8-16-23(20)26-21(32-3)12-22(34-14(2)30)25-18(31)11-17-15-7-4-5-9-19(15)35-28(16)24(17)27(25)26/h4-10,12,17,24,28H,11H2,1-3H3/t17-,24+,28+/m1/s1. The molecule has 0 unspecified atom stereocenters. The van der Waals surface area contributed by atoms with Crippen LogP contribution in [0.5, 0.6) is 23.0 Å². The van der Waals surface area contributed by atoms with Crippen LogP contribution in [0.2, 0.25) is 0 Å². The van der Waals surface area contributed by atoms with E-state index in [1.807, 2.05) is 36.4 Å². The average Bonchev–Trinajstić information content (AvgIpc) is 2.82. The van der Waals surface area contributed by atoms with Crippen LogP contribution in [0.4, 0.5) is 0 Å². The Morgan fingerprint density at radius 2 is 1.57 bits per heavy atom. The van der Waals surface area contributed by atoms with E-state index in [9.17, 15) is 14.4 Å². The number of benzene rings is 3. The van der Waals surface area contributed by atoms with E-state index in [-0.39, 0.29) is 29.8 Å². The van der Waals surface area contributed by atoms with Crippen molar-refractivity contribution in [1.29, 1.82) is 0 Å². The molecule has 35 heavy (non-hydrogen) atoms. The molecule has 6 rings (SSSR count). The number of carbonyl (C=O) groups excluding carboxylic acids is 3. The first kappa shape index (κ1) is 21.4. The van der Waals surface area contributed by atoms with Gasteiger partial charge in [0.15, 0.2) is 5.78 Å². The smallest absolute Gasteiger partial charge is 0.308 e. The highest BCUT2D eigenvalue weighted by atomic mass is 16.5. The van der Waals surface area contributed by atoms with E-state index in [0.29, 0.717) is 33.8 Å². The molecule has 3 aromatic carbocycles. The third-order valence-electron chi connectivity index (χ3n) is 6.99. The molecule has 0 fully saturated rings. The lowest BCUT2D eigenvalue weighted by Crippen LogP contribution is -2.37. The molecule has 7 heteroatoms. The molecule has 0 saturated heterocycles. The number of carbonyl (C=O) groups is 3. The van der Waals surface area contributed by atoms with Gasteiger partial charge in [-0.1, -0.05) is 30.3 Å². The molecule has 1 aliphatic heterocycles. The third-order valence-corrected chi connectivity index (χ3v) is 6.99. The van der Waals surface area contributed by atoms with Crippen LogP contribution in [-0.2, 0) is 9.59 Å². The lowest BCUT2D eigenvalue weighted by molar-refractivity contribution is -0.132. The van der Waals surface area contributed by atoms with Crippen LogP contribution >= 0.6 is 0 Å². The van der Waals surface area contributed by atoms with Gasteiger partial charge < -0.3 is 18.9 Å². The van der Waals surface area contributed by atoms with Gasteiger partial charge in [-0.05, 0) is 23.3 Å². The molecule has 176 valence electrons. The van der Waals surface area contributed by atoms with Crippen LogP contribution in [0.1, 0.15) is 65.3 Å². The summed E-state index contributed by atoms with van der Waals surface area (Å²) in [5.41, 5.74) is 4.17. The fraction of sp³-hybridized carbons (Fsp3) is 0.250. The van der Waals surface area contributed by atoms with Crippen LogP contribution in [-0.4, -0.2) is 24.8 Å². The molecule has 0 amide bonds. The number of para-hydroxylation sites is 1. The Morgan fingerprint density at radius 3 is 2.31 bits per heavy atom. The Hall–Kier alpha value is -4.13. The van der Waals surface area contributed by atoms with E-state index < -0.39 is 18.0 Å². The summed E-state index contributed by atoms with van der Waals surface area (Å²) in [6.45, 7) is 2.64. The van der Waals surface area contributed by atoms with Gasteiger partial charge in [0.1, 0.15) is 29.1 Å². The predicted molar refractivity (Wildman–Crippen MR) is 125 cm³/mol. The lowest BCUT2D eigenvalue weighted by atomic mass is 9.61. The average molecular weight is 470 g/mol. The highest BCUT2D eigenvalue weighted by molar-refractivity contribution is 6.07. The van der Waals surface area contributed by atoms with E-state index in [1.54, 1.807) is 12.1 Å². The fourth-order valence-corrected chi connectivity index (χ4v) is 5.88. The highest BCUT2D eigenvalue weighted by Gasteiger charge is 2.52. The van der Waals surface area contributed by atoms with Gasteiger partial charge in [0, 0.05) is 54.9 Å². The van der Waals surface area contributed by atoms with E-state index in [2.05, 4.69) is 0 Å². The first-order chi connectivity index (χ1) is 16.9. The summed E-state index contributed by atoms with van der Waals surface area (Å²) in [5, 5.41) is 0. The maximum absolute atomic E-state index is 13.7. The molecule has 0 aromatic heterocycles. The Balaban J connectivity index is 1.74. The first-order valence-corrected chi connectivity index (χ1v) is 11.4. The topological polar surface area (TPSA) is 88.1 Å². The van der Waals surface area contributed by atoms with Gasteiger partial charge in [-0.25, -0.2) is 0 Å². The van der Waals surface area contributed by atoms with E-state index in [1.165, 1.54) is 21.0 Å². The molecule has 0 saturated carbocycles. The second kappa shape index (κ2) is 7.70. The van der Waals surface area contributed by atoms with Crippen molar-refractivity contribution >= 4 is 17.7 Å². The van der Waals surface area contributed by atoms with Gasteiger partial charge in [0.05, 0.1) is 12.7 Å². The third kappa shape index (κ3) is 3.07. The summed E-state index contributed by atoms with van der Waals surface area (Å²) in [7, 11) is 1.52. The molecule has 0 N–H and O–H groups in total. The zero-order valence-electron chi connectivity index (χ0n) is 19.4. The molecule has 3 atom stereocenters. The largest absolute Gasteiger partial charge is 0.496 e. The zero-order chi connectivity index (χ0) is 24.4. The Labute approximate surface area is 201 Å². The molecule has 7 nitrogen and oxygen atoms in total. The number of esters is 2. The van der Waals surface area contributed by atoms with Gasteiger partial charge in [0.25, 0.3) is 0 Å². The lowest BCUT2D eigenvalue weighted by Gasteiger charge is -2.47. The van der Waals surface area contributed by atoms with Crippen molar-refractivity contribution in [2.75, 3.05) is 7.11 Å². The number of methoxy groups -OCH3 is 1. The van der Waals surface area contributed by atoms with Gasteiger partial charge in [-0.3, -0.25) is 14.4 Å². The number of fused-ring (bicyclic) bond motifs is 5. The quantitative estimate of drug-likeness (QED) is 0.388. The van der Waals surface area contributed by atoms with Gasteiger partial charge in [0.2, 0.25) is 0 Å². The normalized spacial score (nSPS) is 20.5. The number of ketones is 1. The van der Waals surface area contributed by atoms with E-state index >= 15 is 0 Å². The molecule has 3 aliphatic rings. The molecule has 3 aromatic rings. The van der Waals surface area contributed by atoms with Crippen molar-refractivity contribution in [3.05, 3.63) is 70.8 Å². The predicted octanol–water partition coefficient (Wildman–Crippen LogP) is 5.11. The zero-order valence-corrected chi connectivity index (χ0v) is 19.4. The van der Waals surface area contributed by atoms with Crippen molar-refractivity contribution in [1.82, 2.24) is 0 Å². The number of ether oxygens (including phenoxy) is 4. The first-order valence-electron chi connectivity index (χ1n) is 11.4. The molecule has 0 spiro atoms. The van der Waals surface area contributed by atoms with Crippen molar-refractivity contribution in [3.8, 4) is 34.1 Å². The van der Waals surface area contributed by atoms with Crippen LogP contribution in [0.3, 0.4) is 0 Å². The number of Topliss-reactive ketones (excluding diaryl/α,β-unsaturated/α-hetero) is 1. The SMILES string of the molecule is COc1cc(OC(C)=O)c2c3c1-c1c(OC(C)=O)cccc1[C@@H]1Oc4ccccc4[C@@H](CC2=O)[C@@H]31. The van der Waals surface area contributed by atoms with Crippen LogP contribution in [0, 0.1) is 0 Å². The highest BCUT2D eigenvalue weighted by Crippen LogP contribution is 2.64. The molecule has 0 radical (unpaired) electrons. The van der Waals surface area contributed by atoms with Crippen LogP contribution in [0.25, 0.3) is 11.1 Å². The summed E-state index contributed by atoms with van der Waals surface area (Å²) >= 11 is 0. The summed E-state index contributed by atoms with van der Waals surface area (Å²) in [6.07, 6.45) is -0.176. The second-order valence-electron chi connectivity index (χ2n) is 8.98. The van der Waals surface area contributed by atoms with E-state index in [4.69, 9.17) is 18.9 Å². The van der Waals surface area contributed by atoms with Crippen molar-refractivity contribution in [2.45, 2.75) is 38.2 Å². The van der Waals surface area contributed by atoms with Gasteiger partial charge in [-0.2, -0.15) is 0 Å². The van der Waals surface area contributed by atoms with Crippen molar-refractivity contribution in [3.63, 3.8) is 0 Å². The monoisotopic (exact) mass is 470 g/mol. The Morgan fingerprint density at radius 1 is 0.857 bits per heavy atom. The molecular formula is C28H22O7. The Kier molecular flexibility index (Phi) is 4.71. The minimum absolute atomic E-state index is 0.120. The second-order valence-corrected chi connectivity index (χ2v) is 8.98. The number of rotatable bonds is 3. The molecule has 0 bridgehead atoms. The minimum Gasteiger partial charge on any atom is -0.496 e. The summed E-state index contributed by atoms with van der Waals surface area (Å²) in [6, 6.07) is 14.8. The van der Waals surface area contributed by atoms with Crippen LogP contribution in [0.15, 0.2) is 48.5 Å². The Bertz CT molecular complexity index is 1440. The molecule has 1 heterocycles. The number of hydrogen-bond donors (Lipinski definition) is 0. The number of hydrogen-bond acceptors (Lipinski definition) is 7. The fourth-order valence-electron chi connectivity index (χ4n) is 5.88. The van der Waals surface area contributed by atoms with Crippen LogP contribution < -0.4 is 18.9 Å². The summed E-state index contributed by atoms with van der Waals surface area (Å²) in [5.74, 6) is 0.199. The summed E-state index contributed by atoms with van der Waals surface area (Å²) in [4.78, 5) is 37.6. The van der Waals surface area contributed by atoms with Gasteiger partial charge >= 0.3 is 11.9 Å². The van der Waals surface area contributed by atoms with Crippen molar-refractivity contribution in [2.24, 2.45) is 0 Å². The summed E-state index contributed by atoms with van der Waals surface area (Å²) < 4.78 is 23.4. The van der Waals surface area contributed by atoms with Gasteiger partial charge in [-0.15, -0.1) is 0 Å². The van der Waals surface area contributed by atoms with Crippen molar-refractivity contribution < 1.29 is 33.3 Å². The van der Waals surface area contributed by atoms with E-state index in [0.717, 1.165) is 16.9 Å².